The smallest absolute Gasteiger partial charge is 0.129 e. The Balaban J connectivity index is 1.63. The van der Waals surface area contributed by atoms with Gasteiger partial charge in [0, 0.05) is 17.7 Å². The Bertz CT molecular complexity index is 220. The first-order valence-corrected chi connectivity index (χ1v) is 7.45. The zero-order chi connectivity index (χ0) is 10.2. The minimum Gasteiger partial charge on any atom is -0.359 e. The highest BCUT2D eigenvalue weighted by Crippen LogP contribution is 2.42. The molecule has 0 radical (unpaired) electrons. The fourth-order valence-electron chi connectivity index (χ4n) is 3.16. The monoisotopic (exact) mass is 227 g/mol. The molecule has 86 valence electrons. The van der Waals surface area contributed by atoms with E-state index in [1.165, 1.54) is 50.8 Å². The molecular formula is C12H21NOS. The molecule has 0 aromatic rings. The molecule has 2 saturated heterocycles. The maximum absolute atomic E-state index is 6.19. The van der Waals surface area contributed by atoms with E-state index in [-0.39, 0.29) is 5.72 Å². The number of hydrogen-bond acceptors (Lipinski definition) is 3. The van der Waals surface area contributed by atoms with Crippen molar-refractivity contribution in [1.82, 2.24) is 5.32 Å². The summed E-state index contributed by atoms with van der Waals surface area (Å²) in [5.74, 6) is 2.42. The summed E-state index contributed by atoms with van der Waals surface area (Å²) in [4.78, 5) is 0. The normalized spacial score (nSPS) is 40.0. The summed E-state index contributed by atoms with van der Waals surface area (Å²) in [5.41, 5.74) is 0.560. The molecule has 1 aliphatic carbocycles. The average Bonchev–Trinajstić information content (AvgIpc) is 2.74. The molecule has 0 amide bonds. The molecule has 3 rings (SSSR count). The van der Waals surface area contributed by atoms with Crippen LogP contribution in [0.3, 0.4) is 0 Å². The van der Waals surface area contributed by atoms with Crippen molar-refractivity contribution in [1.29, 1.82) is 0 Å². The number of ether oxygens (including phenoxy) is 1. The zero-order valence-corrected chi connectivity index (χ0v) is 10.2. The van der Waals surface area contributed by atoms with Crippen molar-refractivity contribution in [2.75, 3.05) is 24.7 Å². The third-order valence-electron chi connectivity index (χ3n) is 4.34. The van der Waals surface area contributed by atoms with E-state index in [2.05, 4.69) is 5.32 Å². The van der Waals surface area contributed by atoms with E-state index < -0.39 is 0 Å². The minimum atomic E-state index is 0.0629. The van der Waals surface area contributed by atoms with Crippen LogP contribution in [0, 0.1) is 5.41 Å². The van der Waals surface area contributed by atoms with E-state index in [0.29, 0.717) is 5.41 Å². The van der Waals surface area contributed by atoms with Gasteiger partial charge in [0.25, 0.3) is 0 Å². The fourth-order valence-corrected chi connectivity index (χ4v) is 4.44. The first-order chi connectivity index (χ1) is 7.33. The lowest BCUT2D eigenvalue weighted by molar-refractivity contribution is -0.139. The molecule has 3 heteroatoms. The molecule has 1 unspecified atom stereocenters. The van der Waals surface area contributed by atoms with Crippen molar-refractivity contribution >= 4 is 11.8 Å². The van der Waals surface area contributed by atoms with E-state index in [4.69, 9.17) is 4.74 Å². The van der Waals surface area contributed by atoms with Gasteiger partial charge in [0.05, 0.1) is 6.61 Å². The summed E-state index contributed by atoms with van der Waals surface area (Å²) in [6, 6.07) is 0. The van der Waals surface area contributed by atoms with Crippen LogP contribution in [0.2, 0.25) is 0 Å². The second kappa shape index (κ2) is 3.94. The summed E-state index contributed by atoms with van der Waals surface area (Å²) in [6.45, 7) is 2.22. The van der Waals surface area contributed by atoms with Gasteiger partial charge in [-0.3, -0.25) is 5.32 Å². The largest absolute Gasteiger partial charge is 0.359 e. The number of rotatable bonds is 0. The predicted octanol–water partition coefficient (Wildman–Crippen LogP) is 2.39. The quantitative estimate of drug-likeness (QED) is 0.686. The van der Waals surface area contributed by atoms with Crippen molar-refractivity contribution in [2.24, 2.45) is 5.41 Å². The van der Waals surface area contributed by atoms with Crippen LogP contribution in [0.15, 0.2) is 0 Å². The molecule has 1 saturated carbocycles. The molecule has 3 aliphatic rings. The van der Waals surface area contributed by atoms with Gasteiger partial charge in [-0.2, -0.15) is 11.8 Å². The summed E-state index contributed by atoms with van der Waals surface area (Å²) in [7, 11) is 0. The van der Waals surface area contributed by atoms with Gasteiger partial charge in [-0.15, -0.1) is 0 Å². The molecule has 1 N–H and O–H groups in total. The second-order valence-corrected chi connectivity index (χ2v) is 6.60. The SMILES string of the molecule is C1CCC2(CC1)CNC1(CCSC1)OC2. The minimum absolute atomic E-state index is 0.0629. The topological polar surface area (TPSA) is 21.3 Å². The molecule has 0 aromatic carbocycles. The summed E-state index contributed by atoms with van der Waals surface area (Å²) >= 11 is 2.03. The Kier molecular flexibility index (Phi) is 2.74. The van der Waals surface area contributed by atoms with Crippen molar-refractivity contribution in [3.05, 3.63) is 0 Å². The highest BCUT2D eigenvalue weighted by molar-refractivity contribution is 7.99. The van der Waals surface area contributed by atoms with Crippen molar-refractivity contribution in [3.8, 4) is 0 Å². The Labute approximate surface area is 96.5 Å². The van der Waals surface area contributed by atoms with Gasteiger partial charge in [-0.25, -0.2) is 0 Å². The third kappa shape index (κ3) is 1.94. The molecule has 2 spiro atoms. The van der Waals surface area contributed by atoms with Gasteiger partial charge in [0.2, 0.25) is 0 Å². The fraction of sp³-hybridized carbons (Fsp3) is 1.00. The molecule has 1 atom stereocenters. The van der Waals surface area contributed by atoms with Crippen molar-refractivity contribution in [2.45, 2.75) is 44.2 Å². The van der Waals surface area contributed by atoms with Gasteiger partial charge >= 0.3 is 0 Å². The van der Waals surface area contributed by atoms with E-state index in [0.717, 1.165) is 12.4 Å². The average molecular weight is 227 g/mol. The van der Waals surface area contributed by atoms with Crippen LogP contribution in [-0.4, -0.2) is 30.4 Å². The van der Waals surface area contributed by atoms with E-state index >= 15 is 0 Å². The summed E-state index contributed by atoms with van der Waals surface area (Å²) in [5, 5.41) is 3.71. The molecule has 15 heavy (non-hydrogen) atoms. The van der Waals surface area contributed by atoms with Crippen molar-refractivity contribution in [3.63, 3.8) is 0 Å². The van der Waals surface area contributed by atoms with Crippen molar-refractivity contribution < 1.29 is 4.74 Å². The highest BCUT2D eigenvalue weighted by Gasteiger charge is 2.45. The number of thioether (sulfide) groups is 1. The molecule has 0 bridgehead atoms. The van der Waals surface area contributed by atoms with Crippen LogP contribution < -0.4 is 5.32 Å². The molecule has 3 fully saturated rings. The lowest BCUT2D eigenvalue weighted by Gasteiger charge is -2.47. The van der Waals surface area contributed by atoms with Gasteiger partial charge in [-0.05, 0) is 25.0 Å². The maximum atomic E-state index is 6.19. The molecular weight excluding hydrogens is 206 g/mol. The lowest BCUT2D eigenvalue weighted by Crippen LogP contribution is -2.59. The first kappa shape index (κ1) is 10.4. The van der Waals surface area contributed by atoms with Crippen LogP contribution in [0.5, 0.6) is 0 Å². The third-order valence-corrected chi connectivity index (χ3v) is 5.50. The number of nitrogens with one attached hydrogen (secondary N) is 1. The lowest BCUT2D eigenvalue weighted by atomic mass is 9.73. The molecule has 0 aromatic heterocycles. The molecule has 2 nitrogen and oxygen atoms in total. The Morgan fingerprint density at radius 1 is 1.07 bits per heavy atom. The van der Waals surface area contributed by atoms with E-state index in [1.807, 2.05) is 11.8 Å². The summed E-state index contributed by atoms with van der Waals surface area (Å²) in [6.07, 6.45) is 8.21. The first-order valence-electron chi connectivity index (χ1n) is 6.30. The van der Waals surface area contributed by atoms with Gasteiger partial charge in [0.15, 0.2) is 0 Å². The Morgan fingerprint density at radius 2 is 1.93 bits per heavy atom. The van der Waals surface area contributed by atoms with Crippen LogP contribution in [0.25, 0.3) is 0 Å². The maximum Gasteiger partial charge on any atom is 0.129 e. The van der Waals surface area contributed by atoms with Crippen LogP contribution >= 0.6 is 11.8 Å². The standard InChI is InChI=1S/C12H21NOS/c1-2-4-11(5-3-1)8-13-12(14-9-11)6-7-15-10-12/h13H,1-10H2. The second-order valence-electron chi connectivity index (χ2n) is 5.50. The molecule has 2 heterocycles. The highest BCUT2D eigenvalue weighted by atomic mass is 32.2. The van der Waals surface area contributed by atoms with E-state index in [9.17, 15) is 0 Å². The van der Waals surface area contributed by atoms with Gasteiger partial charge < -0.3 is 4.74 Å². The number of hydrogen-bond donors (Lipinski definition) is 1. The van der Waals surface area contributed by atoms with Gasteiger partial charge in [0.1, 0.15) is 5.72 Å². The van der Waals surface area contributed by atoms with E-state index in [1.54, 1.807) is 0 Å². The predicted molar refractivity (Wildman–Crippen MR) is 64.1 cm³/mol. The Morgan fingerprint density at radius 3 is 2.53 bits per heavy atom. The molecule has 2 aliphatic heterocycles. The van der Waals surface area contributed by atoms with Crippen LogP contribution in [0.1, 0.15) is 38.5 Å². The zero-order valence-electron chi connectivity index (χ0n) is 9.39. The van der Waals surface area contributed by atoms with Gasteiger partial charge in [-0.1, -0.05) is 19.3 Å². The summed E-state index contributed by atoms with van der Waals surface area (Å²) < 4.78 is 6.19. The van der Waals surface area contributed by atoms with Crippen LogP contribution in [-0.2, 0) is 4.74 Å². The van der Waals surface area contributed by atoms with Crippen LogP contribution in [0.4, 0.5) is 0 Å². The Hall–Kier alpha value is 0.270.